The number of rotatable bonds is 5. The van der Waals surface area contributed by atoms with E-state index in [0.29, 0.717) is 11.6 Å². The van der Waals surface area contributed by atoms with E-state index in [1.165, 1.54) is 51.6 Å². The molecule has 0 aromatic carbocycles. The zero-order valence-corrected chi connectivity index (χ0v) is 12.7. The van der Waals surface area contributed by atoms with E-state index in [1.54, 1.807) is 0 Å². The van der Waals surface area contributed by atoms with Crippen LogP contribution in [0.15, 0.2) is 0 Å². The molecular weight excluding hydrogens is 236 g/mol. The third-order valence-corrected chi connectivity index (χ3v) is 5.22. The maximum absolute atomic E-state index is 5.78. The van der Waals surface area contributed by atoms with Gasteiger partial charge in [-0.15, -0.1) is 0 Å². The Morgan fingerprint density at radius 1 is 1.26 bits per heavy atom. The molecule has 19 heavy (non-hydrogen) atoms. The van der Waals surface area contributed by atoms with Crippen LogP contribution in [-0.4, -0.2) is 48.8 Å². The van der Waals surface area contributed by atoms with Crippen LogP contribution in [0.25, 0.3) is 0 Å². The topological polar surface area (TPSA) is 24.5 Å². The van der Waals surface area contributed by atoms with E-state index in [0.717, 1.165) is 25.1 Å². The molecule has 3 nitrogen and oxygen atoms in total. The van der Waals surface area contributed by atoms with E-state index in [-0.39, 0.29) is 0 Å². The summed E-state index contributed by atoms with van der Waals surface area (Å²) < 4.78 is 5.78. The number of piperazine rings is 1. The molecule has 0 bridgehead atoms. The lowest BCUT2D eigenvalue weighted by molar-refractivity contribution is 0.0165. The predicted octanol–water partition coefficient (Wildman–Crippen LogP) is 2.41. The van der Waals surface area contributed by atoms with Gasteiger partial charge in [-0.05, 0) is 45.4 Å². The van der Waals surface area contributed by atoms with Crippen molar-refractivity contribution in [1.82, 2.24) is 10.2 Å². The highest BCUT2D eigenvalue weighted by Crippen LogP contribution is 2.40. The largest absolute Gasteiger partial charge is 0.377 e. The third kappa shape index (κ3) is 3.32. The standard InChI is InChI=1S/C16H30N2O/c1-13(2)19-10-9-18-12-16(7-3-4-8-16)17-11-15(18)14-5-6-14/h13-15,17H,3-12H2,1-2H3. The fraction of sp³-hybridized carbons (Fsp3) is 1.00. The first-order valence-electron chi connectivity index (χ1n) is 8.29. The highest BCUT2D eigenvalue weighted by molar-refractivity contribution is 5.03. The van der Waals surface area contributed by atoms with Gasteiger partial charge in [0.25, 0.3) is 0 Å². The number of nitrogens with one attached hydrogen (secondary N) is 1. The fourth-order valence-corrected chi connectivity index (χ4v) is 4.00. The second-order valence-corrected chi connectivity index (χ2v) is 7.16. The Bertz CT molecular complexity index is 295. The second kappa shape index (κ2) is 5.71. The summed E-state index contributed by atoms with van der Waals surface area (Å²) in [6.45, 7) is 8.77. The van der Waals surface area contributed by atoms with Crippen LogP contribution >= 0.6 is 0 Å². The summed E-state index contributed by atoms with van der Waals surface area (Å²) in [5.41, 5.74) is 0.448. The monoisotopic (exact) mass is 266 g/mol. The minimum atomic E-state index is 0.364. The molecule has 3 heteroatoms. The molecule has 2 saturated carbocycles. The van der Waals surface area contributed by atoms with Crippen molar-refractivity contribution in [3.8, 4) is 0 Å². The molecule has 2 aliphatic carbocycles. The molecule has 1 unspecified atom stereocenters. The number of hydrogen-bond donors (Lipinski definition) is 1. The molecule has 3 aliphatic rings. The zero-order chi connectivity index (χ0) is 13.3. The second-order valence-electron chi connectivity index (χ2n) is 7.16. The highest BCUT2D eigenvalue weighted by Gasteiger charge is 2.45. The SMILES string of the molecule is CC(C)OCCN1CC2(CCCC2)NCC1C1CC1. The van der Waals surface area contributed by atoms with E-state index in [1.807, 2.05) is 0 Å². The summed E-state index contributed by atoms with van der Waals surface area (Å²) in [4.78, 5) is 2.75. The summed E-state index contributed by atoms with van der Waals surface area (Å²) in [7, 11) is 0. The Kier molecular flexibility index (Phi) is 4.16. The lowest BCUT2D eigenvalue weighted by Gasteiger charge is -2.46. The molecule has 0 radical (unpaired) electrons. The Morgan fingerprint density at radius 3 is 2.63 bits per heavy atom. The van der Waals surface area contributed by atoms with Crippen LogP contribution in [0.1, 0.15) is 52.4 Å². The van der Waals surface area contributed by atoms with E-state index in [2.05, 4.69) is 24.1 Å². The number of hydrogen-bond acceptors (Lipinski definition) is 3. The average molecular weight is 266 g/mol. The van der Waals surface area contributed by atoms with Gasteiger partial charge in [-0.25, -0.2) is 0 Å². The van der Waals surface area contributed by atoms with Gasteiger partial charge in [-0.3, -0.25) is 4.90 Å². The van der Waals surface area contributed by atoms with Gasteiger partial charge in [-0.1, -0.05) is 12.8 Å². The molecule has 3 fully saturated rings. The van der Waals surface area contributed by atoms with Crippen LogP contribution in [0.2, 0.25) is 0 Å². The molecule has 0 amide bonds. The number of ether oxygens (including phenoxy) is 1. The van der Waals surface area contributed by atoms with E-state index < -0.39 is 0 Å². The van der Waals surface area contributed by atoms with Crippen LogP contribution in [0.5, 0.6) is 0 Å². The maximum atomic E-state index is 5.78. The van der Waals surface area contributed by atoms with Crippen molar-refractivity contribution < 1.29 is 4.74 Å². The van der Waals surface area contributed by atoms with Crippen LogP contribution in [-0.2, 0) is 4.74 Å². The molecule has 110 valence electrons. The van der Waals surface area contributed by atoms with Gasteiger partial charge in [0, 0.05) is 31.2 Å². The summed E-state index contributed by atoms with van der Waals surface area (Å²) >= 11 is 0. The van der Waals surface area contributed by atoms with Crippen molar-refractivity contribution >= 4 is 0 Å². The van der Waals surface area contributed by atoms with Crippen molar-refractivity contribution in [1.29, 1.82) is 0 Å². The molecule has 1 saturated heterocycles. The van der Waals surface area contributed by atoms with Gasteiger partial charge in [0.2, 0.25) is 0 Å². The Morgan fingerprint density at radius 2 is 2.00 bits per heavy atom. The van der Waals surface area contributed by atoms with Gasteiger partial charge in [-0.2, -0.15) is 0 Å². The molecule has 0 aromatic rings. The summed E-state index contributed by atoms with van der Waals surface area (Å²) in [6.07, 6.45) is 8.84. The molecular formula is C16H30N2O. The molecule has 1 N–H and O–H groups in total. The van der Waals surface area contributed by atoms with Gasteiger partial charge in [0.15, 0.2) is 0 Å². The van der Waals surface area contributed by atoms with Crippen molar-refractivity contribution in [3.05, 3.63) is 0 Å². The summed E-state index contributed by atoms with van der Waals surface area (Å²) in [5.74, 6) is 0.963. The molecule has 3 rings (SSSR count). The quantitative estimate of drug-likeness (QED) is 0.827. The number of nitrogens with zero attached hydrogens (tertiary/aromatic N) is 1. The predicted molar refractivity (Wildman–Crippen MR) is 78.4 cm³/mol. The first-order chi connectivity index (χ1) is 9.19. The van der Waals surface area contributed by atoms with Gasteiger partial charge < -0.3 is 10.1 Å². The van der Waals surface area contributed by atoms with Gasteiger partial charge in [0.05, 0.1) is 12.7 Å². The smallest absolute Gasteiger partial charge is 0.0597 e. The van der Waals surface area contributed by atoms with Crippen LogP contribution in [0.3, 0.4) is 0 Å². The molecule has 1 aliphatic heterocycles. The molecule has 1 heterocycles. The van der Waals surface area contributed by atoms with E-state index in [9.17, 15) is 0 Å². The Hall–Kier alpha value is -0.120. The summed E-state index contributed by atoms with van der Waals surface area (Å²) in [5, 5.41) is 3.91. The van der Waals surface area contributed by atoms with Gasteiger partial charge >= 0.3 is 0 Å². The highest BCUT2D eigenvalue weighted by atomic mass is 16.5. The normalized spacial score (nSPS) is 31.4. The lowest BCUT2D eigenvalue weighted by atomic mass is 9.91. The van der Waals surface area contributed by atoms with Crippen molar-refractivity contribution in [2.24, 2.45) is 5.92 Å². The Labute approximate surface area is 118 Å². The minimum absolute atomic E-state index is 0.364. The van der Waals surface area contributed by atoms with Crippen molar-refractivity contribution in [3.63, 3.8) is 0 Å². The average Bonchev–Trinajstić information content (AvgIpc) is 3.11. The van der Waals surface area contributed by atoms with Crippen LogP contribution < -0.4 is 5.32 Å². The van der Waals surface area contributed by atoms with Crippen LogP contribution in [0, 0.1) is 5.92 Å². The fourth-order valence-electron chi connectivity index (χ4n) is 4.00. The van der Waals surface area contributed by atoms with Crippen LogP contribution in [0.4, 0.5) is 0 Å². The molecule has 1 spiro atoms. The maximum Gasteiger partial charge on any atom is 0.0597 e. The van der Waals surface area contributed by atoms with Crippen molar-refractivity contribution in [2.45, 2.75) is 70.1 Å². The third-order valence-electron chi connectivity index (χ3n) is 5.22. The zero-order valence-electron chi connectivity index (χ0n) is 12.7. The Balaban J connectivity index is 1.57. The lowest BCUT2D eigenvalue weighted by Crippen LogP contribution is -2.64. The first-order valence-corrected chi connectivity index (χ1v) is 8.29. The molecule has 1 atom stereocenters. The summed E-state index contributed by atoms with van der Waals surface area (Å²) in [6, 6.07) is 0.780. The van der Waals surface area contributed by atoms with E-state index in [4.69, 9.17) is 4.74 Å². The van der Waals surface area contributed by atoms with Gasteiger partial charge in [0.1, 0.15) is 0 Å². The van der Waals surface area contributed by atoms with Crippen molar-refractivity contribution in [2.75, 3.05) is 26.2 Å². The first kappa shape index (κ1) is 13.8. The molecule has 0 aromatic heterocycles. The minimum Gasteiger partial charge on any atom is -0.377 e. The van der Waals surface area contributed by atoms with E-state index >= 15 is 0 Å².